The Labute approximate surface area is 163 Å². The Balaban J connectivity index is 1.56. The Hall–Kier alpha value is -1.60. The van der Waals surface area contributed by atoms with Crippen molar-refractivity contribution in [3.8, 4) is 0 Å². The van der Waals surface area contributed by atoms with Crippen LogP contribution in [0, 0.1) is 0 Å². The smallest absolute Gasteiger partial charge is 0.337 e. The van der Waals surface area contributed by atoms with Gasteiger partial charge in [0, 0.05) is 11.8 Å². The summed E-state index contributed by atoms with van der Waals surface area (Å²) in [6, 6.07) is 7.52. The minimum atomic E-state index is -0.344. The van der Waals surface area contributed by atoms with Gasteiger partial charge in [-0.2, -0.15) is 0 Å². The summed E-state index contributed by atoms with van der Waals surface area (Å²) in [6.45, 7) is 0. The third-order valence-corrected chi connectivity index (χ3v) is 7.24. The van der Waals surface area contributed by atoms with Crippen LogP contribution in [0.15, 0.2) is 24.3 Å². The first kappa shape index (κ1) is 17.8. The first-order chi connectivity index (χ1) is 12.6. The molecule has 2 saturated heterocycles. The molecule has 3 aliphatic rings. The van der Waals surface area contributed by atoms with Crippen LogP contribution in [-0.4, -0.2) is 51.7 Å². The van der Waals surface area contributed by atoms with Crippen molar-refractivity contribution in [2.45, 2.75) is 49.6 Å². The van der Waals surface area contributed by atoms with Crippen molar-refractivity contribution in [1.82, 2.24) is 9.80 Å². The van der Waals surface area contributed by atoms with Gasteiger partial charge in [0.2, 0.25) is 0 Å². The molecular weight excluding hydrogens is 368 g/mol. The number of carbonyl (C=O) groups excluding carboxylic acids is 2. The second-order valence-electron chi connectivity index (χ2n) is 7.00. The molecule has 138 valence electrons. The SMILES string of the molecule is COC(=O)c1ccc([C@H]2SC[C@H]3C(=O)N(C4CCCCC4)C(=S)N23)cc1. The summed E-state index contributed by atoms with van der Waals surface area (Å²) >= 11 is 7.48. The van der Waals surface area contributed by atoms with Gasteiger partial charge in [-0.1, -0.05) is 31.4 Å². The molecule has 1 aromatic carbocycles. The summed E-state index contributed by atoms with van der Waals surface area (Å²) in [6.07, 6.45) is 5.71. The molecule has 1 aromatic rings. The lowest BCUT2D eigenvalue weighted by Gasteiger charge is -2.32. The van der Waals surface area contributed by atoms with Crippen molar-refractivity contribution in [2.24, 2.45) is 0 Å². The Bertz CT molecular complexity index is 731. The zero-order valence-electron chi connectivity index (χ0n) is 14.7. The predicted octanol–water partition coefficient (Wildman–Crippen LogP) is 3.35. The Morgan fingerprint density at radius 3 is 2.54 bits per heavy atom. The van der Waals surface area contributed by atoms with Gasteiger partial charge in [0.15, 0.2) is 5.11 Å². The summed E-state index contributed by atoms with van der Waals surface area (Å²) in [5.41, 5.74) is 1.59. The minimum Gasteiger partial charge on any atom is -0.465 e. The molecule has 0 unspecified atom stereocenters. The molecule has 0 spiro atoms. The van der Waals surface area contributed by atoms with Crippen LogP contribution < -0.4 is 0 Å². The first-order valence-corrected chi connectivity index (χ1v) is 10.5. The summed E-state index contributed by atoms with van der Waals surface area (Å²) in [4.78, 5) is 28.6. The van der Waals surface area contributed by atoms with Crippen molar-refractivity contribution in [3.63, 3.8) is 0 Å². The molecule has 2 atom stereocenters. The Morgan fingerprint density at radius 2 is 1.88 bits per heavy atom. The second-order valence-corrected chi connectivity index (χ2v) is 8.48. The van der Waals surface area contributed by atoms with Gasteiger partial charge < -0.3 is 9.64 Å². The molecule has 0 bridgehead atoms. The molecule has 7 heteroatoms. The number of esters is 1. The van der Waals surface area contributed by atoms with Crippen LogP contribution in [0.5, 0.6) is 0 Å². The number of hydrogen-bond donors (Lipinski definition) is 0. The van der Waals surface area contributed by atoms with Gasteiger partial charge >= 0.3 is 5.97 Å². The van der Waals surface area contributed by atoms with Gasteiger partial charge in [0.25, 0.3) is 5.91 Å². The number of nitrogens with zero attached hydrogens (tertiary/aromatic N) is 2. The fourth-order valence-electron chi connectivity index (χ4n) is 4.14. The lowest BCUT2D eigenvalue weighted by atomic mass is 9.94. The van der Waals surface area contributed by atoms with E-state index in [4.69, 9.17) is 17.0 Å². The molecule has 2 aliphatic heterocycles. The third kappa shape index (κ3) is 2.91. The van der Waals surface area contributed by atoms with E-state index in [1.165, 1.54) is 26.4 Å². The van der Waals surface area contributed by atoms with E-state index in [1.54, 1.807) is 23.9 Å². The Morgan fingerprint density at radius 1 is 1.19 bits per heavy atom. The number of thioether (sulfide) groups is 1. The van der Waals surface area contributed by atoms with Crippen molar-refractivity contribution < 1.29 is 14.3 Å². The lowest BCUT2D eigenvalue weighted by molar-refractivity contribution is -0.129. The van der Waals surface area contributed by atoms with Crippen LogP contribution >= 0.6 is 24.0 Å². The van der Waals surface area contributed by atoms with Crippen molar-refractivity contribution in [3.05, 3.63) is 35.4 Å². The standard InChI is InChI=1S/C19H22N2O3S2/c1-24-18(23)13-9-7-12(8-10-13)17-21-15(11-26-17)16(22)20(19(21)25)14-5-3-2-4-6-14/h7-10,14-15,17H,2-6,11H2,1H3/t15-,17+/m0/s1. The molecule has 0 radical (unpaired) electrons. The molecule has 4 rings (SSSR count). The van der Waals surface area contributed by atoms with E-state index < -0.39 is 0 Å². The van der Waals surface area contributed by atoms with E-state index >= 15 is 0 Å². The summed E-state index contributed by atoms with van der Waals surface area (Å²) in [7, 11) is 1.38. The number of thiocarbonyl (C=S) groups is 1. The number of benzene rings is 1. The quantitative estimate of drug-likeness (QED) is 0.583. The molecule has 2 heterocycles. The first-order valence-electron chi connectivity index (χ1n) is 9.07. The molecular formula is C19H22N2O3S2. The van der Waals surface area contributed by atoms with Gasteiger partial charge in [-0.05, 0) is 42.8 Å². The molecule has 26 heavy (non-hydrogen) atoms. The van der Waals surface area contributed by atoms with Crippen molar-refractivity contribution in [2.75, 3.05) is 12.9 Å². The maximum absolute atomic E-state index is 13.0. The summed E-state index contributed by atoms with van der Waals surface area (Å²) in [5, 5.41) is 0.704. The van der Waals surface area contributed by atoms with Gasteiger partial charge in [0.05, 0.1) is 12.7 Å². The fourth-order valence-corrected chi connectivity index (χ4v) is 6.11. The van der Waals surface area contributed by atoms with Gasteiger partial charge in [-0.25, -0.2) is 4.79 Å². The van der Waals surface area contributed by atoms with E-state index in [0.717, 1.165) is 24.2 Å². The normalized spacial score (nSPS) is 26.3. The van der Waals surface area contributed by atoms with Crippen LogP contribution in [0.4, 0.5) is 0 Å². The molecule has 1 aliphatic carbocycles. The monoisotopic (exact) mass is 390 g/mol. The number of rotatable bonds is 3. The van der Waals surface area contributed by atoms with Gasteiger partial charge in [-0.3, -0.25) is 9.69 Å². The summed E-state index contributed by atoms with van der Waals surface area (Å²) < 4.78 is 4.76. The van der Waals surface area contributed by atoms with Crippen LogP contribution in [0.1, 0.15) is 53.4 Å². The lowest BCUT2D eigenvalue weighted by Crippen LogP contribution is -2.42. The number of methoxy groups -OCH3 is 1. The number of ether oxygens (including phenoxy) is 1. The van der Waals surface area contributed by atoms with Crippen LogP contribution in [0.3, 0.4) is 0 Å². The molecule has 0 N–H and O–H groups in total. The highest BCUT2D eigenvalue weighted by Crippen LogP contribution is 2.46. The highest BCUT2D eigenvalue weighted by atomic mass is 32.2. The van der Waals surface area contributed by atoms with E-state index in [1.807, 2.05) is 17.0 Å². The highest BCUT2D eigenvalue weighted by molar-refractivity contribution is 7.99. The van der Waals surface area contributed by atoms with Gasteiger partial charge in [0.1, 0.15) is 11.4 Å². The molecule has 5 nitrogen and oxygen atoms in total. The molecule has 0 aromatic heterocycles. The van der Waals surface area contributed by atoms with Gasteiger partial charge in [-0.15, -0.1) is 11.8 Å². The topological polar surface area (TPSA) is 49.9 Å². The zero-order valence-corrected chi connectivity index (χ0v) is 16.4. The van der Waals surface area contributed by atoms with Crippen LogP contribution in [-0.2, 0) is 9.53 Å². The second kappa shape index (κ2) is 7.19. The highest BCUT2D eigenvalue weighted by Gasteiger charge is 2.52. The number of fused-ring (bicyclic) bond motifs is 1. The molecule has 3 fully saturated rings. The number of amides is 1. The van der Waals surface area contributed by atoms with E-state index in [0.29, 0.717) is 10.7 Å². The molecule has 1 amide bonds. The maximum atomic E-state index is 13.0. The molecule has 1 saturated carbocycles. The van der Waals surface area contributed by atoms with E-state index in [-0.39, 0.29) is 29.3 Å². The average Bonchev–Trinajstić information content (AvgIpc) is 3.22. The third-order valence-electron chi connectivity index (χ3n) is 5.51. The number of carbonyl (C=O) groups is 2. The van der Waals surface area contributed by atoms with E-state index in [2.05, 4.69) is 4.90 Å². The van der Waals surface area contributed by atoms with Crippen molar-refractivity contribution >= 4 is 41.0 Å². The predicted molar refractivity (Wildman–Crippen MR) is 105 cm³/mol. The zero-order chi connectivity index (χ0) is 18.3. The largest absolute Gasteiger partial charge is 0.465 e. The Kier molecular flexibility index (Phi) is 4.92. The fraction of sp³-hybridized carbons (Fsp3) is 0.526. The van der Waals surface area contributed by atoms with Crippen LogP contribution in [0.25, 0.3) is 0 Å². The maximum Gasteiger partial charge on any atom is 0.337 e. The minimum absolute atomic E-state index is 0.0248. The van der Waals surface area contributed by atoms with E-state index in [9.17, 15) is 9.59 Å². The average molecular weight is 391 g/mol. The van der Waals surface area contributed by atoms with Crippen LogP contribution in [0.2, 0.25) is 0 Å². The number of hydrogen-bond acceptors (Lipinski definition) is 5. The van der Waals surface area contributed by atoms with Crippen molar-refractivity contribution in [1.29, 1.82) is 0 Å². The summed E-state index contributed by atoms with van der Waals surface area (Å²) in [5.74, 6) is 0.581.